The second kappa shape index (κ2) is 10.9. The molecule has 5 rings (SSSR count). The number of rotatable bonds is 7. The number of hydrogen-bond acceptors (Lipinski definition) is 9. The van der Waals surface area contributed by atoms with Crippen molar-refractivity contribution in [1.29, 1.82) is 0 Å². The van der Waals surface area contributed by atoms with Gasteiger partial charge in [0.25, 0.3) is 0 Å². The highest BCUT2D eigenvalue weighted by molar-refractivity contribution is 7.13. The van der Waals surface area contributed by atoms with Crippen LogP contribution in [0.15, 0.2) is 39.5 Å². The van der Waals surface area contributed by atoms with E-state index in [0.29, 0.717) is 35.2 Å². The Morgan fingerprint density at radius 3 is 2.70 bits per heavy atom. The van der Waals surface area contributed by atoms with Gasteiger partial charge in [-0.3, -0.25) is 4.79 Å². The third kappa shape index (κ3) is 5.59. The van der Waals surface area contributed by atoms with Gasteiger partial charge in [0.15, 0.2) is 11.5 Å². The van der Waals surface area contributed by atoms with Crippen molar-refractivity contribution in [2.75, 3.05) is 19.7 Å². The second-order valence-electron chi connectivity index (χ2n) is 8.47. The summed E-state index contributed by atoms with van der Waals surface area (Å²) in [5.41, 5.74) is 1.50. The molecule has 1 fully saturated rings. The maximum Gasteiger partial charge on any atom is 0.360 e. The van der Waals surface area contributed by atoms with E-state index in [9.17, 15) is 18.4 Å². The Morgan fingerprint density at radius 1 is 1.14 bits per heavy atom. The molecule has 37 heavy (non-hydrogen) atoms. The molecule has 0 saturated carbocycles. The molecule has 1 aliphatic heterocycles. The summed E-state index contributed by atoms with van der Waals surface area (Å²) in [6.45, 7) is 3.16. The van der Waals surface area contributed by atoms with Gasteiger partial charge >= 0.3 is 5.97 Å². The molecule has 8 nitrogen and oxygen atoms in total. The molecule has 0 atom stereocenters. The summed E-state index contributed by atoms with van der Waals surface area (Å²) in [5, 5.41) is 8.72. The molecule has 3 aromatic heterocycles. The average Bonchev–Trinajstić information content (AvgIpc) is 3.65. The number of nitrogens with zero attached hydrogens (tertiary/aromatic N) is 4. The fourth-order valence-electron chi connectivity index (χ4n) is 4.10. The van der Waals surface area contributed by atoms with Crippen molar-refractivity contribution in [1.82, 2.24) is 20.0 Å². The van der Waals surface area contributed by atoms with E-state index >= 15 is 0 Å². The Balaban J connectivity index is 1.16. The van der Waals surface area contributed by atoms with E-state index in [0.717, 1.165) is 23.9 Å². The zero-order valence-electron chi connectivity index (χ0n) is 19.8. The van der Waals surface area contributed by atoms with Crippen LogP contribution in [0.25, 0.3) is 22.0 Å². The SMILES string of the molecule is CCOC(=O)c1cc(-c2csc(C3CCN(C(=O)Cc4csc(-c5ccc(F)cc5F)n4)CC3)n2)on1. The van der Waals surface area contributed by atoms with Crippen molar-refractivity contribution < 1.29 is 27.6 Å². The van der Waals surface area contributed by atoms with E-state index in [4.69, 9.17) is 9.26 Å². The molecule has 0 N–H and O–H groups in total. The van der Waals surface area contributed by atoms with Crippen molar-refractivity contribution in [3.05, 3.63) is 63.1 Å². The highest BCUT2D eigenvalue weighted by Gasteiger charge is 2.27. The van der Waals surface area contributed by atoms with Crippen molar-refractivity contribution in [2.45, 2.75) is 32.1 Å². The Bertz CT molecular complexity index is 1430. The number of piperidine rings is 1. The lowest BCUT2D eigenvalue weighted by Gasteiger charge is -2.31. The van der Waals surface area contributed by atoms with Crippen molar-refractivity contribution in [2.24, 2.45) is 0 Å². The fraction of sp³-hybridized carbons (Fsp3) is 0.320. The zero-order valence-corrected chi connectivity index (χ0v) is 21.4. The first kappa shape index (κ1) is 25.2. The van der Waals surface area contributed by atoms with Crippen molar-refractivity contribution >= 4 is 34.6 Å². The number of benzene rings is 1. The molecule has 0 spiro atoms. The van der Waals surface area contributed by atoms with Crippen LogP contribution in [0.3, 0.4) is 0 Å². The van der Waals surface area contributed by atoms with E-state index in [1.165, 1.54) is 40.9 Å². The van der Waals surface area contributed by atoms with Gasteiger partial charge < -0.3 is 14.2 Å². The first-order valence-electron chi connectivity index (χ1n) is 11.7. The molecule has 1 aromatic carbocycles. The second-order valence-corrected chi connectivity index (χ2v) is 10.2. The molecule has 0 unspecified atom stereocenters. The molecular formula is C25H22F2N4O4S2. The summed E-state index contributed by atoms with van der Waals surface area (Å²) in [6, 6.07) is 4.88. The number of carbonyl (C=O) groups excluding carboxylic acids is 2. The average molecular weight is 545 g/mol. The van der Waals surface area contributed by atoms with Crippen molar-refractivity contribution in [3.8, 4) is 22.0 Å². The predicted molar refractivity (Wildman–Crippen MR) is 133 cm³/mol. The number of likely N-dealkylation sites (tertiary alicyclic amines) is 1. The number of carbonyl (C=O) groups is 2. The van der Waals surface area contributed by atoms with Crippen LogP contribution >= 0.6 is 22.7 Å². The fourth-order valence-corrected chi connectivity index (χ4v) is 5.93. The molecule has 0 radical (unpaired) electrons. The van der Waals surface area contributed by atoms with E-state index < -0.39 is 17.6 Å². The molecule has 4 aromatic rings. The van der Waals surface area contributed by atoms with Crippen molar-refractivity contribution in [3.63, 3.8) is 0 Å². The van der Waals surface area contributed by atoms with Gasteiger partial charge in [0.05, 0.1) is 23.7 Å². The van der Waals surface area contributed by atoms with Gasteiger partial charge in [0, 0.05) is 47.5 Å². The van der Waals surface area contributed by atoms with E-state index in [-0.39, 0.29) is 36.1 Å². The lowest BCUT2D eigenvalue weighted by Crippen LogP contribution is -2.38. The van der Waals surface area contributed by atoms with Gasteiger partial charge in [-0.15, -0.1) is 22.7 Å². The zero-order chi connectivity index (χ0) is 25.9. The van der Waals surface area contributed by atoms with Gasteiger partial charge in [-0.25, -0.2) is 23.5 Å². The number of hydrogen-bond donors (Lipinski definition) is 0. The number of esters is 1. The topological polar surface area (TPSA) is 98.4 Å². The third-order valence-electron chi connectivity index (χ3n) is 6.01. The Labute approximate surface area is 218 Å². The number of thiazole rings is 2. The summed E-state index contributed by atoms with van der Waals surface area (Å²) >= 11 is 2.74. The smallest absolute Gasteiger partial charge is 0.360 e. The Hall–Kier alpha value is -3.51. The van der Waals surface area contributed by atoms with Gasteiger partial charge in [0.1, 0.15) is 22.3 Å². The number of amides is 1. The summed E-state index contributed by atoms with van der Waals surface area (Å²) in [5.74, 6) is -1.29. The summed E-state index contributed by atoms with van der Waals surface area (Å²) in [4.78, 5) is 35.5. The first-order valence-corrected chi connectivity index (χ1v) is 13.4. The molecule has 1 saturated heterocycles. The monoisotopic (exact) mass is 544 g/mol. The number of halogens is 2. The van der Waals surface area contributed by atoms with Crippen LogP contribution in [-0.4, -0.2) is 51.6 Å². The largest absolute Gasteiger partial charge is 0.461 e. The first-order chi connectivity index (χ1) is 17.9. The molecular weight excluding hydrogens is 522 g/mol. The van der Waals surface area contributed by atoms with Crippen LogP contribution in [0.2, 0.25) is 0 Å². The summed E-state index contributed by atoms with van der Waals surface area (Å²) in [7, 11) is 0. The minimum atomic E-state index is -0.678. The lowest BCUT2D eigenvalue weighted by atomic mass is 9.97. The van der Waals surface area contributed by atoms with Crippen LogP contribution < -0.4 is 0 Å². The molecule has 192 valence electrons. The maximum atomic E-state index is 14.1. The molecule has 0 aliphatic carbocycles. The summed E-state index contributed by atoms with van der Waals surface area (Å²) < 4.78 is 37.4. The molecule has 1 amide bonds. The molecule has 1 aliphatic rings. The van der Waals surface area contributed by atoms with Gasteiger partial charge in [-0.05, 0) is 31.9 Å². The van der Waals surface area contributed by atoms with Crippen LogP contribution in [0.4, 0.5) is 8.78 Å². The van der Waals surface area contributed by atoms with Crippen LogP contribution in [-0.2, 0) is 16.0 Å². The van der Waals surface area contributed by atoms with Crippen LogP contribution in [0, 0.1) is 11.6 Å². The highest BCUT2D eigenvalue weighted by Crippen LogP contribution is 2.33. The molecule has 12 heteroatoms. The van der Waals surface area contributed by atoms with Crippen LogP contribution in [0.5, 0.6) is 0 Å². The molecule has 4 heterocycles. The Morgan fingerprint density at radius 2 is 1.95 bits per heavy atom. The van der Waals surface area contributed by atoms with Gasteiger partial charge in [0.2, 0.25) is 5.91 Å². The lowest BCUT2D eigenvalue weighted by molar-refractivity contribution is -0.131. The molecule has 0 bridgehead atoms. The maximum absolute atomic E-state index is 14.1. The highest BCUT2D eigenvalue weighted by atomic mass is 32.1. The van der Waals surface area contributed by atoms with E-state index in [1.54, 1.807) is 12.3 Å². The number of ether oxygens (including phenoxy) is 1. The summed E-state index contributed by atoms with van der Waals surface area (Å²) in [6.07, 6.45) is 1.66. The third-order valence-corrected chi connectivity index (χ3v) is 7.94. The number of aromatic nitrogens is 3. The van der Waals surface area contributed by atoms with E-state index in [2.05, 4.69) is 15.1 Å². The minimum Gasteiger partial charge on any atom is -0.461 e. The van der Waals surface area contributed by atoms with E-state index in [1.807, 2.05) is 10.3 Å². The van der Waals surface area contributed by atoms with Crippen LogP contribution in [0.1, 0.15) is 46.9 Å². The standard InChI is InChI=1S/C25H22F2N4O4S2/c1-2-34-25(33)19-11-21(35-30-19)20-13-37-23(29-20)14-5-7-31(8-6-14)22(32)10-16-12-36-24(28-16)17-4-3-15(26)9-18(17)27/h3-4,9,11-14H,2,5-8,10H2,1H3. The predicted octanol–water partition coefficient (Wildman–Crippen LogP) is 5.33. The quantitative estimate of drug-likeness (QED) is 0.290. The van der Waals surface area contributed by atoms with Gasteiger partial charge in [-0.1, -0.05) is 5.16 Å². The normalized spacial score (nSPS) is 14.2. The minimum absolute atomic E-state index is 0.0390. The Kier molecular flexibility index (Phi) is 7.38. The van der Waals surface area contributed by atoms with Gasteiger partial charge in [-0.2, -0.15) is 0 Å².